The minimum atomic E-state index is -3.72. The van der Waals surface area contributed by atoms with Gasteiger partial charge in [0.15, 0.2) is 0 Å². The van der Waals surface area contributed by atoms with Gasteiger partial charge in [0, 0.05) is 61.3 Å². The molecule has 0 amide bonds. The van der Waals surface area contributed by atoms with E-state index in [9.17, 15) is 12.8 Å². The average Bonchev–Trinajstić information content (AvgIpc) is 2.80. The average molecular weight is 476 g/mol. The van der Waals surface area contributed by atoms with Gasteiger partial charge in [0.25, 0.3) is 0 Å². The normalized spacial score (nSPS) is 15.6. The van der Waals surface area contributed by atoms with Crippen molar-refractivity contribution in [2.45, 2.75) is 18.0 Å². The Morgan fingerprint density at radius 3 is 2.56 bits per heavy atom. The van der Waals surface area contributed by atoms with Crippen LogP contribution in [0.5, 0.6) is 5.75 Å². The van der Waals surface area contributed by atoms with Gasteiger partial charge in [-0.3, -0.25) is 9.88 Å². The molecule has 1 aromatic heterocycles. The number of hydrogen-bond donors (Lipinski definition) is 0. The molecule has 0 saturated carbocycles. The Kier molecular flexibility index (Phi) is 7.05. The lowest BCUT2D eigenvalue weighted by molar-refractivity contribution is 0.178. The van der Waals surface area contributed by atoms with Crippen LogP contribution in [0, 0.1) is 5.82 Å². The number of ether oxygens (including phenoxy) is 1. The van der Waals surface area contributed by atoms with Crippen LogP contribution in [0.1, 0.15) is 11.1 Å². The first-order valence-electron chi connectivity index (χ1n) is 10.2. The van der Waals surface area contributed by atoms with Gasteiger partial charge in [0.05, 0.1) is 4.90 Å². The van der Waals surface area contributed by atoms with Crippen molar-refractivity contribution >= 4 is 21.6 Å². The van der Waals surface area contributed by atoms with Crippen LogP contribution >= 0.6 is 11.6 Å². The molecule has 168 valence electrons. The van der Waals surface area contributed by atoms with Gasteiger partial charge in [0.1, 0.15) is 18.2 Å². The van der Waals surface area contributed by atoms with Gasteiger partial charge >= 0.3 is 0 Å². The summed E-state index contributed by atoms with van der Waals surface area (Å²) in [5.41, 5.74) is 1.90. The molecule has 1 saturated heterocycles. The number of piperazine rings is 1. The summed E-state index contributed by atoms with van der Waals surface area (Å²) in [6.07, 6.45) is 3.47. The summed E-state index contributed by atoms with van der Waals surface area (Å²) in [6, 6.07) is 14.4. The molecule has 1 fully saturated rings. The zero-order valence-electron chi connectivity index (χ0n) is 17.3. The van der Waals surface area contributed by atoms with Gasteiger partial charge in [-0.15, -0.1) is 0 Å². The molecule has 1 aliphatic heterocycles. The summed E-state index contributed by atoms with van der Waals surface area (Å²) in [7, 11) is -3.72. The standard InChI is InChI=1S/C23H23ClFN3O3S/c24-20-6-7-23(31-17-18-3-2-8-26-15-18)19(13-20)16-27-9-11-28(12-10-27)32(29,30)22-5-1-4-21(25)14-22/h1-8,13-15H,9-12,16-17H2. The van der Waals surface area contributed by atoms with E-state index in [1.165, 1.54) is 22.5 Å². The van der Waals surface area contributed by atoms with Crippen LogP contribution in [0.2, 0.25) is 5.02 Å². The molecule has 6 nitrogen and oxygen atoms in total. The molecule has 2 heterocycles. The van der Waals surface area contributed by atoms with E-state index in [0.717, 1.165) is 22.9 Å². The Bertz CT molecular complexity index is 1170. The first-order valence-corrected chi connectivity index (χ1v) is 12.0. The summed E-state index contributed by atoms with van der Waals surface area (Å²) in [5.74, 6) is 0.164. The number of rotatable bonds is 7. The monoisotopic (exact) mass is 475 g/mol. The van der Waals surface area contributed by atoms with E-state index < -0.39 is 15.8 Å². The zero-order chi connectivity index (χ0) is 22.6. The molecule has 0 atom stereocenters. The van der Waals surface area contributed by atoms with E-state index in [-0.39, 0.29) is 4.90 Å². The van der Waals surface area contributed by atoms with Crippen LogP contribution in [0.25, 0.3) is 0 Å². The molecule has 0 aliphatic carbocycles. The van der Waals surface area contributed by atoms with E-state index in [1.54, 1.807) is 18.5 Å². The minimum absolute atomic E-state index is 0.0214. The molecule has 2 aromatic carbocycles. The van der Waals surface area contributed by atoms with E-state index in [2.05, 4.69) is 9.88 Å². The lowest BCUT2D eigenvalue weighted by atomic mass is 10.1. The molecule has 0 spiro atoms. The van der Waals surface area contributed by atoms with Gasteiger partial charge in [-0.1, -0.05) is 23.7 Å². The Morgan fingerprint density at radius 1 is 1.03 bits per heavy atom. The third kappa shape index (κ3) is 5.45. The smallest absolute Gasteiger partial charge is 0.243 e. The summed E-state index contributed by atoms with van der Waals surface area (Å²) >= 11 is 6.21. The second-order valence-corrected chi connectivity index (χ2v) is 9.91. The van der Waals surface area contributed by atoms with E-state index in [4.69, 9.17) is 16.3 Å². The lowest BCUT2D eigenvalue weighted by Gasteiger charge is -2.34. The lowest BCUT2D eigenvalue weighted by Crippen LogP contribution is -2.48. The number of aromatic nitrogens is 1. The molecular formula is C23H23ClFN3O3S. The van der Waals surface area contributed by atoms with Crippen molar-refractivity contribution in [2.75, 3.05) is 26.2 Å². The number of pyridine rings is 1. The van der Waals surface area contributed by atoms with Crippen LogP contribution in [-0.4, -0.2) is 48.8 Å². The third-order valence-electron chi connectivity index (χ3n) is 5.30. The third-order valence-corrected chi connectivity index (χ3v) is 7.43. The molecule has 9 heteroatoms. The predicted molar refractivity (Wildman–Crippen MR) is 120 cm³/mol. The van der Waals surface area contributed by atoms with Crippen LogP contribution in [0.15, 0.2) is 71.9 Å². The van der Waals surface area contributed by atoms with E-state index in [1.807, 2.05) is 24.3 Å². The molecular weight excluding hydrogens is 453 g/mol. The SMILES string of the molecule is O=S(=O)(c1cccc(F)c1)N1CCN(Cc2cc(Cl)ccc2OCc2cccnc2)CC1. The largest absolute Gasteiger partial charge is 0.489 e. The fraction of sp³-hybridized carbons (Fsp3) is 0.261. The fourth-order valence-corrected chi connectivity index (χ4v) is 5.25. The number of hydrogen-bond acceptors (Lipinski definition) is 5. The highest BCUT2D eigenvalue weighted by molar-refractivity contribution is 7.89. The Balaban J connectivity index is 1.40. The molecule has 1 aliphatic rings. The second kappa shape index (κ2) is 9.95. The van der Waals surface area contributed by atoms with Gasteiger partial charge in [0.2, 0.25) is 10.0 Å². The van der Waals surface area contributed by atoms with Crippen LogP contribution in [-0.2, 0) is 23.2 Å². The molecule has 0 N–H and O–H groups in total. The van der Waals surface area contributed by atoms with Gasteiger partial charge in [-0.05, 0) is 42.5 Å². The number of sulfonamides is 1. The molecule has 4 rings (SSSR count). The first kappa shape index (κ1) is 22.7. The van der Waals surface area contributed by atoms with E-state index in [0.29, 0.717) is 44.4 Å². The van der Waals surface area contributed by atoms with Gasteiger partial charge in [-0.2, -0.15) is 4.31 Å². The maximum absolute atomic E-state index is 13.5. The summed E-state index contributed by atoms with van der Waals surface area (Å²) in [4.78, 5) is 6.23. The molecule has 3 aromatic rings. The molecule has 32 heavy (non-hydrogen) atoms. The number of halogens is 2. The van der Waals surface area contributed by atoms with Crippen molar-refractivity contribution in [2.24, 2.45) is 0 Å². The van der Waals surface area contributed by atoms with Crippen molar-refractivity contribution in [3.05, 3.63) is 89.0 Å². The highest BCUT2D eigenvalue weighted by Crippen LogP contribution is 2.26. The Labute approximate surface area is 192 Å². The number of benzene rings is 2. The van der Waals surface area contributed by atoms with E-state index >= 15 is 0 Å². The predicted octanol–water partition coefficient (Wildman–Crippen LogP) is 3.96. The fourth-order valence-electron chi connectivity index (χ4n) is 3.60. The van der Waals surface area contributed by atoms with Crippen LogP contribution in [0.4, 0.5) is 4.39 Å². The second-order valence-electron chi connectivity index (χ2n) is 7.54. The van der Waals surface area contributed by atoms with Crippen molar-refractivity contribution in [1.82, 2.24) is 14.2 Å². The highest BCUT2D eigenvalue weighted by atomic mass is 35.5. The van der Waals surface area contributed by atoms with Crippen molar-refractivity contribution in [3.8, 4) is 5.75 Å². The summed E-state index contributed by atoms with van der Waals surface area (Å²) in [5, 5.41) is 0.612. The summed E-state index contributed by atoms with van der Waals surface area (Å²) < 4.78 is 46.5. The molecule has 0 bridgehead atoms. The topological polar surface area (TPSA) is 62.7 Å². The Hall–Kier alpha value is -2.52. The van der Waals surface area contributed by atoms with Gasteiger partial charge in [-0.25, -0.2) is 12.8 Å². The summed E-state index contributed by atoms with van der Waals surface area (Å²) in [6.45, 7) is 2.71. The van der Waals surface area contributed by atoms with Crippen LogP contribution in [0.3, 0.4) is 0 Å². The molecule has 0 radical (unpaired) electrons. The maximum Gasteiger partial charge on any atom is 0.243 e. The van der Waals surface area contributed by atoms with Crippen LogP contribution < -0.4 is 4.74 Å². The zero-order valence-corrected chi connectivity index (χ0v) is 18.9. The highest BCUT2D eigenvalue weighted by Gasteiger charge is 2.29. The van der Waals surface area contributed by atoms with Gasteiger partial charge < -0.3 is 4.74 Å². The van der Waals surface area contributed by atoms with Crippen molar-refractivity contribution in [1.29, 1.82) is 0 Å². The first-order chi connectivity index (χ1) is 15.4. The Morgan fingerprint density at radius 2 is 1.84 bits per heavy atom. The maximum atomic E-state index is 13.5. The minimum Gasteiger partial charge on any atom is -0.489 e. The number of nitrogens with zero attached hydrogens (tertiary/aromatic N) is 3. The van der Waals surface area contributed by atoms with Crippen molar-refractivity contribution < 1.29 is 17.5 Å². The molecule has 0 unspecified atom stereocenters. The quantitative estimate of drug-likeness (QED) is 0.517. The van der Waals surface area contributed by atoms with Crippen molar-refractivity contribution in [3.63, 3.8) is 0 Å².